The smallest absolute Gasteiger partial charge is 0.337 e. The summed E-state index contributed by atoms with van der Waals surface area (Å²) in [5.74, 6) is 1.13. The summed E-state index contributed by atoms with van der Waals surface area (Å²) in [5, 5.41) is 10.4. The second kappa shape index (κ2) is 5.70. The number of carbonyl (C=O) groups is 1. The lowest BCUT2D eigenvalue weighted by Gasteiger charge is -2.10. The summed E-state index contributed by atoms with van der Waals surface area (Å²) < 4.78 is 2.07. The number of rotatable bonds is 5. The Morgan fingerprint density at radius 2 is 2.16 bits per heavy atom. The van der Waals surface area contributed by atoms with Gasteiger partial charge in [-0.2, -0.15) is 11.8 Å². The van der Waals surface area contributed by atoms with E-state index >= 15 is 0 Å². The van der Waals surface area contributed by atoms with E-state index in [0.29, 0.717) is 5.56 Å². The van der Waals surface area contributed by atoms with E-state index in [2.05, 4.69) is 31.5 Å². The molecule has 1 aromatic heterocycles. The Kier molecular flexibility index (Phi) is 4.20. The highest BCUT2D eigenvalue weighted by atomic mass is 32.2. The molecule has 0 atom stereocenters. The first-order valence-corrected chi connectivity index (χ1v) is 7.65. The van der Waals surface area contributed by atoms with E-state index < -0.39 is 5.97 Å². The Bertz CT molecular complexity index is 601. The first-order valence-electron chi connectivity index (χ1n) is 6.49. The zero-order chi connectivity index (χ0) is 14.0. The fourth-order valence-electron chi connectivity index (χ4n) is 2.29. The standard InChI is InChI=1S/C15H19NO2S/c1-4-19-9-11-8-16(10(2)3)14-12(11)6-5-7-13(14)15(17)18/h5-8,10H,4,9H2,1-3H3,(H,17,18). The Labute approximate surface area is 117 Å². The molecule has 3 nitrogen and oxygen atoms in total. The van der Waals surface area contributed by atoms with Gasteiger partial charge in [0.25, 0.3) is 0 Å². The monoisotopic (exact) mass is 277 g/mol. The average Bonchev–Trinajstić information content (AvgIpc) is 2.75. The van der Waals surface area contributed by atoms with Gasteiger partial charge in [0.2, 0.25) is 0 Å². The van der Waals surface area contributed by atoms with Crippen LogP contribution in [0.25, 0.3) is 10.9 Å². The molecule has 0 aliphatic rings. The molecule has 0 radical (unpaired) electrons. The number of carboxylic acid groups (broad SMARTS) is 1. The van der Waals surface area contributed by atoms with Crippen molar-refractivity contribution in [1.29, 1.82) is 0 Å². The molecule has 0 saturated carbocycles. The molecule has 19 heavy (non-hydrogen) atoms. The number of benzene rings is 1. The van der Waals surface area contributed by atoms with Gasteiger partial charge in [0.15, 0.2) is 0 Å². The van der Waals surface area contributed by atoms with E-state index in [1.807, 2.05) is 23.9 Å². The van der Waals surface area contributed by atoms with Gasteiger partial charge in [0.1, 0.15) is 0 Å². The summed E-state index contributed by atoms with van der Waals surface area (Å²) in [6.45, 7) is 6.29. The molecule has 1 N–H and O–H groups in total. The number of aromatic carboxylic acids is 1. The lowest BCUT2D eigenvalue weighted by atomic mass is 10.1. The number of para-hydroxylation sites is 1. The first-order chi connectivity index (χ1) is 9.06. The van der Waals surface area contributed by atoms with Gasteiger partial charge in [-0.1, -0.05) is 19.1 Å². The highest BCUT2D eigenvalue weighted by Gasteiger charge is 2.17. The highest BCUT2D eigenvalue weighted by Crippen LogP contribution is 2.30. The van der Waals surface area contributed by atoms with Gasteiger partial charge < -0.3 is 9.67 Å². The maximum absolute atomic E-state index is 11.4. The molecule has 1 aromatic carbocycles. The van der Waals surface area contributed by atoms with Crippen LogP contribution in [0.2, 0.25) is 0 Å². The summed E-state index contributed by atoms with van der Waals surface area (Å²) in [6.07, 6.45) is 2.10. The molecular formula is C15H19NO2S. The first kappa shape index (κ1) is 14.0. The van der Waals surface area contributed by atoms with Crippen molar-refractivity contribution in [3.8, 4) is 0 Å². The third-order valence-electron chi connectivity index (χ3n) is 3.18. The number of carboxylic acids is 1. The van der Waals surface area contributed by atoms with Crippen LogP contribution < -0.4 is 0 Å². The minimum absolute atomic E-state index is 0.253. The average molecular weight is 277 g/mol. The van der Waals surface area contributed by atoms with Crippen molar-refractivity contribution in [2.24, 2.45) is 0 Å². The summed E-state index contributed by atoms with van der Waals surface area (Å²) in [4.78, 5) is 11.4. The quantitative estimate of drug-likeness (QED) is 0.891. The number of fused-ring (bicyclic) bond motifs is 1. The van der Waals surface area contributed by atoms with E-state index in [4.69, 9.17) is 0 Å². The van der Waals surface area contributed by atoms with Crippen LogP contribution in [0.4, 0.5) is 0 Å². The molecule has 0 fully saturated rings. The van der Waals surface area contributed by atoms with Crippen molar-refractivity contribution < 1.29 is 9.90 Å². The normalized spacial score (nSPS) is 11.4. The maximum Gasteiger partial charge on any atom is 0.337 e. The summed E-state index contributed by atoms with van der Waals surface area (Å²) in [6, 6.07) is 5.78. The van der Waals surface area contributed by atoms with Crippen molar-refractivity contribution in [2.75, 3.05) is 5.75 Å². The van der Waals surface area contributed by atoms with Gasteiger partial charge in [-0.05, 0) is 31.2 Å². The molecule has 0 saturated heterocycles. The van der Waals surface area contributed by atoms with Gasteiger partial charge in [0, 0.05) is 23.4 Å². The van der Waals surface area contributed by atoms with Gasteiger partial charge in [-0.25, -0.2) is 4.79 Å². The summed E-state index contributed by atoms with van der Waals surface area (Å²) in [7, 11) is 0. The van der Waals surface area contributed by atoms with Crippen molar-refractivity contribution in [1.82, 2.24) is 4.57 Å². The van der Waals surface area contributed by atoms with Crippen LogP contribution in [0.5, 0.6) is 0 Å². The minimum atomic E-state index is -0.861. The van der Waals surface area contributed by atoms with Crippen molar-refractivity contribution in [3.05, 3.63) is 35.5 Å². The number of hydrogen-bond acceptors (Lipinski definition) is 2. The second-order valence-electron chi connectivity index (χ2n) is 4.80. The molecule has 0 spiro atoms. The van der Waals surface area contributed by atoms with Crippen LogP contribution in [0, 0.1) is 0 Å². The van der Waals surface area contributed by atoms with Gasteiger partial charge in [-0.3, -0.25) is 0 Å². The Morgan fingerprint density at radius 1 is 1.42 bits per heavy atom. The van der Waals surface area contributed by atoms with Crippen molar-refractivity contribution in [2.45, 2.75) is 32.6 Å². The zero-order valence-electron chi connectivity index (χ0n) is 11.5. The third kappa shape index (κ3) is 2.63. The molecule has 0 aliphatic carbocycles. The molecule has 102 valence electrons. The van der Waals surface area contributed by atoms with Crippen molar-refractivity contribution in [3.63, 3.8) is 0 Å². The maximum atomic E-state index is 11.4. The molecular weight excluding hydrogens is 258 g/mol. The molecule has 2 rings (SSSR count). The predicted octanol–water partition coefficient (Wildman–Crippen LogP) is 4.17. The van der Waals surface area contributed by atoms with Crippen LogP contribution in [0.3, 0.4) is 0 Å². The fraction of sp³-hybridized carbons (Fsp3) is 0.400. The highest BCUT2D eigenvalue weighted by molar-refractivity contribution is 7.98. The number of thioether (sulfide) groups is 1. The topological polar surface area (TPSA) is 42.2 Å². The predicted molar refractivity (Wildman–Crippen MR) is 81.1 cm³/mol. The Hall–Kier alpha value is -1.42. The van der Waals surface area contributed by atoms with Crippen LogP contribution in [-0.4, -0.2) is 21.4 Å². The molecule has 0 unspecified atom stereocenters. The molecule has 2 aromatic rings. The molecule has 0 bridgehead atoms. The van der Waals surface area contributed by atoms with Crippen LogP contribution in [0.1, 0.15) is 42.7 Å². The van der Waals surface area contributed by atoms with E-state index in [9.17, 15) is 9.90 Å². The van der Waals surface area contributed by atoms with Gasteiger partial charge in [-0.15, -0.1) is 0 Å². The van der Waals surface area contributed by atoms with E-state index in [1.165, 1.54) is 5.56 Å². The summed E-state index contributed by atoms with van der Waals surface area (Å²) >= 11 is 1.85. The third-order valence-corrected chi connectivity index (χ3v) is 4.11. The van der Waals surface area contributed by atoms with Crippen LogP contribution >= 0.6 is 11.8 Å². The van der Waals surface area contributed by atoms with Crippen LogP contribution in [0.15, 0.2) is 24.4 Å². The van der Waals surface area contributed by atoms with E-state index in [0.717, 1.165) is 22.4 Å². The Morgan fingerprint density at radius 3 is 2.74 bits per heavy atom. The Balaban J connectivity index is 2.67. The second-order valence-corrected chi connectivity index (χ2v) is 6.07. The van der Waals surface area contributed by atoms with Gasteiger partial charge in [0.05, 0.1) is 11.1 Å². The lowest BCUT2D eigenvalue weighted by molar-refractivity contribution is 0.0698. The number of aromatic nitrogens is 1. The minimum Gasteiger partial charge on any atom is -0.478 e. The number of hydrogen-bond donors (Lipinski definition) is 1. The van der Waals surface area contributed by atoms with E-state index in [-0.39, 0.29) is 6.04 Å². The largest absolute Gasteiger partial charge is 0.478 e. The van der Waals surface area contributed by atoms with Gasteiger partial charge >= 0.3 is 5.97 Å². The summed E-state index contributed by atoms with van der Waals surface area (Å²) in [5.41, 5.74) is 2.45. The molecule has 0 aliphatic heterocycles. The lowest BCUT2D eigenvalue weighted by Crippen LogP contribution is -2.04. The zero-order valence-corrected chi connectivity index (χ0v) is 12.3. The SMILES string of the molecule is CCSCc1cn(C(C)C)c2c(C(=O)O)cccc12. The fourth-order valence-corrected chi connectivity index (χ4v) is 2.94. The molecule has 0 amide bonds. The van der Waals surface area contributed by atoms with Crippen LogP contribution in [-0.2, 0) is 5.75 Å². The van der Waals surface area contributed by atoms with E-state index in [1.54, 1.807) is 6.07 Å². The molecule has 4 heteroatoms. The van der Waals surface area contributed by atoms with Crippen molar-refractivity contribution >= 4 is 28.6 Å². The number of nitrogens with zero attached hydrogens (tertiary/aromatic N) is 1. The molecule has 1 heterocycles.